The molecule has 0 aliphatic heterocycles. The molecule has 5 aromatic rings. The zero-order valence-corrected chi connectivity index (χ0v) is 22.2. The van der Waals surface area contributed by atoms with Crippen molar-refractivity contribution in [3.8, 4) is 11.8 Å². The highest BCUT2D eigenvalue weighted by Crippen LogP contribution is 2.29. The summed E-state index contributed by atoms with van der Waals surface area (Å²) in [7, 11) is 1.67. The minimum atomic E-state index is 0.316. The summed E-state index contributed by atoms with van der Waals surface area (Å²) >= 11 is 0. The van der Waals surface area contributed by atoms with E-state index >= 15 is 0 Å². The second-order valence-electron chi connectivity index (χ2n) is 9.23. The van der Waals surface area contributed by atoms with Crippen molar-refractivity contribution >= 4 is 39.4 Å². The number of nitrogens with one attached hydrogen (secondary N) is 2. The lowest BCUT2D eigenvalue weighted by atomic mass is 10.1. The zero-order valence-electron chi connectivity index (χ0n) is 22.2. The Kier molecular flexibility index (Phi) is 7.87. The Hall–Kier alpha value is -4.33. The van der Waals surface area contributed by atoms with Crippen molar-refractivity contribution in [2.75, 3.05) is 37.0 Å². The number of para-hydroxylation sites is 1. The van der Waals surface area contributed by atoms with Gasteiger partial charge in [-0.2, -0.15) is 15.0 Å². The van der Waals surface area contributed by atoms with Crippen LogP contribution in [0.1, 0.15) is 32.3 Å². The number of nitrogens with zero attached hydrogens (tertiary/aromatic N) is 4. The number of rotatable bonds is 12. The first-order valence-electron chi connectivity index (χ1n) is 13.2. The van der Waals surface area contributed by atoms with E-state index in [-0.39, 0.29) is 0 Å². The smallest absolute Gasteiger partial charge is 0.323 e. The van der Waals surface area contributed by atoms with Crippen molar-refractivity contribution in [2.45, 2.75) is 33.1 Å². The summed E-state index contributed by atoms with van der Waals surface area (Å²) in [5.74, 6) is 1.93. The van der Waals surface area contributed by atoms with Crippen LogP contribution in [0.2, 0.25) is 0 Å². The van der Waals surface area contributed by atoms with Crippen LogP contribution in [0.3, 0.4) is 0 Å². The van der Waals surface area contributed by atoms with Gasteiger partial charge in [-0.15, -0.1) is 0 Å². The van der Waals surface area contributed by atoms with Crippen LogP contribution in [-0.2, 0) is 6.42 Å². The summed E-state index contributed by atoms with van der Waals surface area (Å²) in [6, 6.07) is 22.8. The lowest BCUT2D eigenvalue weighted by molar-refractivity contribution is 0.295. The molecule has 0 aliphatic carbocycles. The highest BCUT2D eigenvalue weighted by atomic mass is 16.5. The van der Waals surface area contributed by atoms with Crippen LogP contribution in [0, 0.1) is 0 Å². The van der Waals surface area contributed by atoms with Gasteiger partial charge in [0.1, 0.15) is 5.75 Å². The third-order valence-corrected chi connectivity index (χ3v) is 6.42. The molecular formula is C30H34N6O2. The molecule has 8 heteroatoms. The van der Waals surface area contributed by atoms with Gasteiger partial charge in [0.25, 0.3) is 0 Å². The van der Waals surface area contributed by atoms with Crippen molar-refractivity contribution in [1.82, 2.24) is 19.9 Å². The maximum atomic E-state index is 6.04. The number of aromatic amines is 1. The molecule has 2 aromatic heterocycles. The molecule has 2 N–H and O–H groups in total. The molecule has 0 saturated carbocycles. The maximum absolute atomic E-state index is 6.04. The number of fused-ring (bicyclic) bond motifs is 3. The van der Waals surface area contributed by atoms with Gasteiger partial charge in [0.05, 0.1) is 13.7 Å². The van der Waals surface area contributed by atoms with Crippen molar-refractivity contribution in [2.24, 2.45) is 0 Å². The third-order valence-electron chi connectivity index (χ3n) is 6.42. The SMILES string of the molecule is CCCN(CCC)c1nc(Nc2ccc3[nH]c4ccccc4c3c2)nc(OCCc2ccc(OC)cc2)n1. The molecule has 0 atom stereocenters. The molecular weight excluding hydrogens is 476 g/mol. The normalized spacial score (nSPS) is 11.1. The lowest BCUT2D eigenvalue weighted by Crippen LogP contribution is -2.27. The Morgan fingerprint density at radius 1 is 0.842 bits per heavy atom. The molecule has 0 radical (unpaired) electrons. The van der Waals surface area contributed by atoms with Gasteiger partial charge in [0, 0.05) is 47.0 Å². The van der Waals surface area contributed by atoms with Gasteiger partial charge in [-0.25, -0.2) is 0 Å². The molecule has 0 amide bonds. The Balaban J connectivity index is 1.40. The quantitative estimate of drug-likeness (QED) is 0.198. The maximum Gasteiger partial charge on any atom is 0.323 e. The number of hydrogen-bond donors (Lipinski definition) is 2. The molecule has 0 saturated heterocycles. The van der Waals surface area contributed by atoms with Crippen molar-refractivity contribution in [3.05, 3.63) is 72.3 Å². The standard InChI is InChI=1S/C30H34N6O2/c1-4-17-36(18-5-2)29-33-28(34-30(35-29)38-19-16-21-10-13-23(37-3)14-11-21)31-22-12-15-27-25(20-22)24-8-6-7-9-26(24)32-27/h6-15,20,32H,4-5,16-19H2,1-3H3,(H,31,33,34,35). The summed E-state index contributed by atoms with van der Waals surface area (Å²) in [5, 5.41) is 5.72. The van der Waals surface area contributed by atoms with Crippen molar-refractivity contribution < 1.29 is 9.47 Å². The van der Waals surface area contributed by atoms with Gasteiger partial charge in [0.15, 0.2) is 0 Å². The van der Waals surface area contributed by atoms with Crippen LogP contribution >= 0.6 is 0 Å². The van der Waals surface area contributed by atoms with Crippen LogP contribution in [0.5, 0.6) is 11.8 Å². The van der Waals surface area contributed by atoms with E-state index in [1.165, 1.54) is 5.39 Å². The van der Waals surface area contributed by atoms with Crippen LogP contribution in [-0.4, -0.2) is 46.7 Å². The molecule has 38 heavy (non-hydrogen) atoms. The monoisotopic (exact) mass is 510 g/mol. The fraction of sp³-hybridized carbons (Fsp3) is 0.300. The van der Waals surface area contributed by atoms with Crippen molar-refractivity contribution in [1.29, 1.82) is 0 Å². The molecule has 3 aromatic carbocycles. The molecule has 8 nitrogen and oxygen atoms in total. The highest BCUT2D eigenvalue weighted by molar-refractivity contribution is 6.08. The Labute approximate surface area is 223 Å². The molecule has 0 spiro atoms. The summed E-state index contributed by atoms with van der Waals surface area (Å²) in [5.41, 5.74) is 4.27. The van der Waals surface area contributed by atoms with Gasteiger partial charge < -0.3 is 24.7 Å². The first-order chi connectivity index (χ1) is 18.7. The van der Waals surface area contributed by atoms with E-state index in [1.54, 1.807) is 7.11 Å². The molecule has 0 aliphatic rings. The minimum absolute atomic E-state index is 0.316. The highest BCUT2D eigenvalue weighted by Gasteiger charge is 2.15. The predicted molar refractivity (Wildman–Crippen MR) is 154 cm³/mol. The van der Waals surface area contributed by atoms with Crippen LogP contribution < -0.4 is 19.7 Å². The fourth-order valence-corrected chi connectivity index (χ4v) is 4.57. The summed E-state index contributed by atoms with van der Waals surface area (Å²) in [6.07, 6.45) is 2.73. The van der Waals surface area contributed by atoms with E-state index in [0.29, 0.717) is 24.5 Å². The number of H-pyrrole nitrogens is 1. The second kappa shape index (κ2) is 11.8. The molecule has 0 unspecified atom stereocenters. The van der Waals surface area contributed by atoms with Crippen molar-refractivity contribution in [3.63, 3.8) is 0 Å². The van der Waals surface area contributed by atoms with E-state index in [2.05, 4.69) is 69.3 Å². The Bertz CT molecular complexity index is 1490. The summed E-state index contributed by atoms with van der Waals surface area (Å²) in [6.45, 7) is 6.50. The van der Waals surface area contributed by atoms with E-state index in [4.69, 9.17) is 14.5 Å². The molecule has 0 fully saturated rings. The largest absolute Gasteiger partial charge is 0.497 e. The Morgan fingerprint density at radius 2 is 1.61 bits per heavy atom. The average molecular weight is 511 g/mol. The van der Waals surface area contributed by atoms with E-state index in [9.17, 15) is 0 Å². The number of anilines is 3. The fourth-order valence-electron chi connectivity index (χ4n) is 4.57. The number of aromatic nitrogens is 4. The number of benzene rings is 3. The molecule has 5 rings (SSSR count). The third kappa shape index (κ3) is 5.80. The second-order valence-corrected chi connectivity index (χ2v) is 9.23. The van der Waals surface area contributed by atoms with Gasteiger partial charge >= 0.3 is 6.01 Å². The van der Waals surface area contributed by atoms with Crippen LogP contribution in [0.25, 0.3) is 21.8 Å². The predicted octanol–water partition coefficient (Wildman–Crippen LogP) is 6.51. The van der Waals surface area contributed by atoms with Crippen LogP contribution in [0.15, 0.2) is 66.7 Å². The zero-order chi connectivity index (χ0) is 26.3. The number of hydrogen-bond acceptors (Lipinski definition) is 7. The first-order valence-corrected chi connectivity index (χ1v) is 13.2. The van der Waals surface area contributed by atoms with E-state index in [1.807, 2.05) is 36.4 Å². The van der Waals surface area contributed by atoms with Gasteiger partial charge in [-0.05, 0) is 54.8 Å². The van der Waals surface area contributed by atoms with Crippen LogP contribution in [0.4, 0.5) is 17.6 Å². The summed E-state index contributed by atoms with van der Waals surface area (Å²) in [4.78, 5) is 19.7. The number of methoxy groups -OCH3 is 1. The minimum Gasteiger partial charge on any atom is -0.497 e. The first kappa shape index (κ1) is 25.3. The van der Waals surface area contributed by atoms with Gasteiger partial charge in [-0.1, -0.05) is 44.2 Å². The average Bonchev–Trinajstić information content (AvgIpc) is 3.31. The van der Waals surface area contributed by atoms with E-state index < -0.39 is 0 Å². The molecule has 2 heterocycles. The summed E-state index contributed by atoms with van der Waals surface area (Å²) < 4.78 is 11.3. The number of ether oxygens (including phenoxy) is 2. The topological polar surface area (TPSA) is 88.2 Å². The van der Waals surface area contributed by atoms with Gasteiger partial charge in [-0.3, -0.25) is 0 Å². The van der Waals surface area contributed by atoms with E-state index in [0.717, 1.165) is 65.8 Å². The molecule has 196 valence electrons. The Morgan fingerprint density at radius 3 is 2.37 bits per heavy atom. The lowest BCUT2D eigenvalue weighted by Gasteiger charge is -2.22. The van der Waals surface area contributed by atoms with Gasteiger partial charge in [0.2, 0.25) is 11.9 Å². The molecule has 0 bridgehead atoms.